The zero-order chi connectivity index (χ0) is 32.9. The summed E-state index contributed by atoms with van der Waals surface area (Å²) in [5, 5.41) is 3.19. The van der Waals surface area contributed by atoms with E-state index < -0.39 is 18.2 Å². The number of allylic oxidation sites excluding steroid dienone is 1. The smallest absolute Gasteiger partial charge is 0.411 e. The summed E-state index contributed by atoms with van der Waals surface area (Å²) >= 11 is 0. The number of amides is 2. The van der Waals surface area contributed by atoms with Crippen LogP contribution in [0, 0.1) is 5.92 Å². The van der Waals surface area contributed by atoms with Crippen LogP contribution in [0.3, 0.4) is 0 Å². The molecule has 46 heavy (non-hydrogen) atoms. The number of benzene rings is 3. The summed E-state index contributed by atoms with van der Waals surface area (Å²) in [7, 11) is 1.63. The summed E-state index contributed by atoms with van der Waals surface area (Å²) in [6.07, 6.45) is 6.93. The lowest BCUT2D eigenvalue weighted by Gasteiger charge is -2.31. The van der Waals surface area contributed by atoms with Crippen LogP contribution < -0.4 is 10.1 Å². The molecule has 0 unspecified atom stereocenters. The van der Waals surface area contributed by atoms with E-state index in [9.17, 15) is 9.59 Å². The molecule has 1 N–H and O–H groups in total. The van der Waals surface area contributed by atoms with Crippen LogP contribution in [-0.2, 0) is 20.7 Å². The Morgan fingerprint density at radius 3 is 2.15 bits per heavy atom. The van der Waals surface area contributed by atoms with Crippen LogP contribution in [0.4, 0.5) is 4.79 Å². The van der Waals surface area contributed by atoms with E-state index in [1.807, 2.05) is 78.9 Å². The fourth-order valence-corrected chi connectivity index (χ4v) is 5.61. The van der Waals surface area contributed by atoms with Gasteiger partial charge >= 0.3 is 6.09 Å². The highest BCUT2D eigenvalue weighted by atomic mass is 16.6. The van der Waals surface area contributed by atoms with Crippen molar-refractivity contribution in [3.63, 3.8) is 0 Å². The van der Waals surface area contributed by atoms with E-state index in [0.717, 1.165) is 53.5 Å². The third kappa shape index (κ3) is 9.10. The maximum Gasteiger partial charge on any atom is 0.411 e. The third-order valence-electron chi connectivity index (χ3n) is 8.40. The van der Waals surface area contributed by atoms with Gasteiger partial charge in [-0.05, 0) is 54.0 Å². The van der Waals surface area contributed by atoms with Crippen LogP contribution in [0.25, 0.3) is 11.1 Å². The van der Waals surface area contributed by atoms with E-state index in [1.165, 1.54) is 4.90 Å². The third-order valence-corrected chi connectivity index (χ3v) is 8.40. The van der Waals surface area contributed by atoms with Gasteiger partial charge in [-0.1, -0.05) is 99.7 Å². The van der Waals surface area contributed by atoms with Gasteiger partial charge in [-0.25, -0.2) is 4.79 Å². The van der Waals surface area contributed by atoms with Gasteiger partial charge in [-0.3, -0.25) is 9.69 Å². The summed E-state index contributed by atoms with van der Waals surface area (Å²) in [6, 6.07) is 22.4. The number of fused-ring (bicyclic) bond motifs is 3. The van der Waals surface area contributed by atoms with Crippen molar-refractivity contribution < 1.29 is 23.8 Å². The zero-order valence-electron chi connectivity index (χ0n) is 27.5. The van der Waals surface area contributed by atoms with Gasteiger partial charge in [-0.2, -0.15) is 0 Å². The molecule has 0 aromatic heterocycles. The van der Waals surface area contributed by atoms with Gasteiger partial charge in [0.1, 0.15) is 18.4 Å². The molecular weight excluding hydrogens is 576 g/mol. The number of unbranched alkanes of at least 4 members (excludes halogenated alkanes) is 3. The normalized spacial score (nSPS) is 13.3. The molecule has 3 aromatic rings. The molecule has 7 heteroatoms. The lowest BCUT2D eigenvalue weighted by molar-refractivity contribution is -0.127. The fourth-order valence-electron chi connectivity index (χ4n) is 5.61. The molecule has 2 amide bonds. The number of hydrogen-bond acceptors (Lipinski definition) is 5. The van der Waals surface area contributed by atoms with Crippen LogP contribution in [0.1, 0.15) is 62.3 Å². The van der Waals surface area contributed by atoms with Crippen molar-refractivity contribution in [3.8, 4) is 16.9 Å². The Kier molecular flexibility index (Phi) is 13.0. The molecule has 3 aromatic carbocycles. The Morgan fingerprint density at radius 1 is 0.891 bits per heavy atom. The minimum atomic E-state index is -0.820. The van der Waals surface area contributed by atoms with Crippen molar-refractivity contribution in [1.82, 2.24) is 10.2 Å². The van der Waals surface area contributed by atoms with Crippen molar-refractivity contribution in [2.45, 2.75) is 64.1 Å². The molecule has 0 aliphatic heterocycles. The Bertz CT molecular complexity index is 1410. The Labute approximate surface area is 274 Å². The van der Waals surface area contributed by atoms with E-state index in [4.69, 9.17) is 14.2 Å². The maximum atomic E-state index is 14.0. The first-order chi connectivity index (χ1) is 22.3. The molecule has 7 nitrogen and oxygen atoms in total. The second-order valence-corrected chi connectivity index (χ2v) is 12.1. The van der Waals surface area contributed by atoms with Crippen molar-refractivity contribution in [2.75, 3.05) is 26.9 Å². The van der Waals surface area contributed by atoms with Crippen molar-refractivity contribution in [1.29, 1.82) is 0 Å². The molecule has 2 atom stereocenters. The predicted octanol–water partition coefficient (Wildman–Crippen LogP) is 7.90. The average Bonchev–Trinajstić information content (AvgIpc) is 3.38. The van der Waals surface area contributed by atoms with Crippen LogP contribution in [-0.4, -0.2) is 55.9 Å². The van der Waals surface area contributed by atoms with Crippen LogP contribution in [0.5, 0.6) is 5.75 Å². The van der Waals surface area contributed by atoms with Gasteiger partial charge in [0.15, 0.2) is 6.10 Å². The largest absolute Gasteiger partial charge is 0.490 e. The minimum Gasteiger partial charge on any atom is -0.490 e. The first-order valence-corrected chi connectivity index (χ1v) is 16.3. The molecule has 0 bridgehead atoms. The number of rotatable bonds is 18. The predicted molar refractivity (Wildman–Crippen MR) is 184 cm³/mol. The van der Waals surface area contributed by atoms with E-state index >= 15 is 0 Å². The van der Waals surface area contributed by atoms with Gasteiger partial charge in [0, 0.05) is 31.2 Å². The molecule has 1 aliphatic carbocycles. The van der Waals surface area contributed by atoms with Crippen LogP contribution in [0.15, 0.2) is 98.1 Å². The number of nitrogens with zero attached hydrogens (tertiary/aromatic N) is 1. The summed E-state index contributed by atoms with van der Waals surface area (Å²) in [4.78, 5) is 29.2. The minimum absolute atomic E-state index is 0.135. The first-order valence-electron chi connectivity index (χ1n) is 16.3. The Balaban J connectivity index is 1.50. The topological polar surface area (TPSA) is 77.1 Å². The number of ether oxygens (including phenoxy) is 3. The number of nitrogens with one attached hydrogen (secondary N) is 1. The second kappa shape index (κ2) is 17.4. The number of likely N-dealkylation sites (N-methyl/N-ethyl adjacent to an activating group) is 1. The van der Waals surface area contributed by atoms with Crippen molar-refractivity contribution >= 4 is 12.0 Å². The molecule has 0 fully saturated rings. The molecule has 244 valence electrons. The second-order valence-electron chi connectivity index (χ2n) is 12.1. The molecule has 0 radical (unpaired) electrons. The summed E-state index contributed by atoms with van der Waals surface area (Å²) in [5.74, 6) is 0.583. The van der Waals surface area contributed by atoms with Crippen molar-refractivity contribution in [2.24, 2.45) is 5.92 Å². The highest BCUT2D eigenvalue weighted by Gasteiger charge is 2.35. The standard InChI is InChI=1S/C39H48N2O5/c1-6-8-9-10-15-25-44-27-35(28(3)4)40-38(42)36(26-29-20-22-30(23-21-29)45-24-7-2)41(5)39(43)46-37-33-18-13-11-16-31(33)32-17-12-14-19-34(32)37/h6-7,11-14,16-23,28,35-37H,1-2,8-10,15,24-27H2,3-5H3,(H,40,42)/t35-,36-/m1/s1. The Morgan fingerprint density at radius 2 is 1.54 bits per heavy atom. The lowest BCUT2D eigenvalue weighted by Crippen LogP contribution is -2.53. The molecule has 0 heterocycles. The van der Waals surface area contributed by atoms with Gasteiger partial charge in [0.2, 0.25) is 5.91 Å². The maximum absolute atomic E-state index is 14.0. The molecule has 0 saturated carbocycles. The van der Waals surface area contributed by atoms with E-state index in [2.05, 4.69) is 32.3 Å². The molecular formula is C39H48N2O5. The van der Waals surface area contributed by atoms with Gasteiger partial charge in [0.05, 0.1) is 12.6 Å². The SMILES string of the molecule is C=CCCCCCOC[C@@H](NC(=O)[C@@H](Cc1ccc(OCC=C)cc1)N(C)C(=O)OC1c2ccccc2-c2ccccc21)C(C)C. The van der Waals surface area contributed by atoms with Gasteiger partial charge in [0.25, 0.3) is 0 Å². The highest BCUT2D eigenvalue weighted by Crippen LogP contribution is 2.45. The van der Waals surface area contributed by atoms with E-state index in [1.54, 1.807) is 13.1 Å². The van der Waals surface area contributed by atoms with Gasteiger partial charge < -0.3 is 19.5 Å². The molecule has 0 saturated heterocycles. The summed E-state index contributed by atoms with van der Waals surface area (Å²) in [5.41, 5.74) is 4.85. The van der Waals surface area contributed by atoms with E-state index in [0.29, 0.717) is 32.0 Å². The molecule has 0 spiro atoms. The van der Waals surface area contributed by atoms with Crippen LogP contribution >= 0.6 is 0 Å². The quantitative estimate of drug-likeness (QED) is 0.115. The summed E-state index contributed by atoms with van der Waals surface area (Å²) in [6.45, 7) is 13.0. The molecule has 4 rings (SSSR count). The monoisotopic (exact) mass is 624 g/mol. The number of carbonyl (C=O) groups excluding carboxylic acids is 2. The highest BCUT2D eigenvalue weighted by molar-refractivity contribution is 5.87. The summed E-state index contributed by atoms with van der Waals surface area (Å²) < 4.78 is 17.8. The zero-order valence-corrected chi connectivity index (χ0v) is 27.5. The van der Waals surface area contributed by atoms with Crippen LogP contribution in [0.2, 0.25) is 0 Å². The van der Waals surface area contributed by atoms with Crippen molar-refractivity contribution in [3.05, 3.63) is 115 Å². The van der Waals surface area contributed by atoms with Gasteiger partial charge in [-0.15, -0.1) is 6.58 Å². The fraction of sp³-hybridized carbons (Fsp3) is 0.385. The number of hydrogen-bond donors (Lipinski definition) is 1. The first kappa shape index (κ1) is 34.5. The average molecular weight is 625 g/mol. The van der Waals surface area contributed by atoms with E-state index in [-0.39, 0.29) is 17.9 Å². The number of carbonyl (C=O) groups is 2. The molecule has 1 aliphatic rings. The lowest BCUT2D eigenvalue weighted by atomic mass is 10.0. The Hall–Kier alpha value is -4.36.